The van der Waals surface area contributed by atoms with E-state index in [-0.39, 0.29) is 6.10 Å². The molecule has 0 aliphatic carbocycles. The Morgan fingerprint density at radius 3 is 2.94 bits per heavy atom. The van der Waals surface area contributed by atoms with Gasteiger partial charge in [0.2, 0.25) is 0 Å². The van der Waals surface area contributed by atoms with Crippen LogP contribution in [-0.4, -0.2) is 11.1 Å². The summed E-state index contributed by atoms with van der Waals surface area (Å²) in [5.74, 6) is 0.855. The molecule has 84 valence electrons. The van der Waals surface area contributed by atoms with E-state index in [0.717, 1.165) is 27.5 Å². The molecule has 0 aliphatic rings. The number of halogens is 1. The highest BCUT2D eigenvalue weighted by atomic mass is 79.9. The van der Waals surface area contributed by atoms with E-state index in [1.165, 1.54) is 0 Å². The summed E-state index contributed by atoms with van der Waals surface area (Å²) in [6.45, 7) is 4.18. The number of fused-ring (bicyclic) bond motifs is 1. The summed E-state index contributed by atoms with van der Waals surface area (Å²) in [4.78, 5) is 4.37. The van der Waals surface area contributed by atoms with E-state index in [4.69, 9.17) is 4.74 Å². The van der Waals surface area contributed by atoms with E-state index >= 15 is 0 Å². The quantitative estimate of drug-likeness (QED) is 0.841. The van der Waals surface area contributed by atoms with Crippen LogP contribution in [0.4, 0.5) is 0 Å². The summed E-state index contributed by atoms with van der Waals surface area (Å²) >= 11 is 3.52. The zero-order valence-electron chi connectivity index (χ0n) is 9.40. The number of nitrogens with zero attached hydrogens (tertiary/aromatic N) is 1. The van der Waals surface area contributed by atoms with E-state index in [1.54, 1.807) is 6.20 Å². The second-order valence-electron chi connectivity index (χ2n) is 3.78. The van der Waals surface area contributed by atoms with Gasteiger partial charge in [0.15, 0.2) is 0 Å². The summed E-state index contributed by atoms with van der Waals surface area (Å²) in [5.41, 5.74) is 0.914. The molecule has 0 saturated heterocycles. The van der Waals surface area contributed by atoms with Gasteiger partial charge >= 0.3 is 0 Å². The molecule has 16 heavy (non-hydrogen) atoms. The largest absolute Gasteiger partial charge is 0.488 e. The fourth-order valence-corrected chi connectivity index (χ4v) is 1.96. The topological polar surface area (TPSA) is 22.1 Å². The maximum absolute atomic E-state index is 5.85. The van der Waals surface area contributed by atoms with Gasteiger partial charge in [0.25, 0.3) is 0 Å². The Balaban J connectivity index is 2.50. The molecule has 0 unspecified atom stereocenters. The van der Waals surface area contributed by atoms with E-state index in [1.807, 2.05) is 24.3 Å². The minimum absolute atomic E-state index is 0.214. The van der Waals surface area contributed by atoms with E-state index in [2.05, 4.69) is 34.8 Å². The Labute approximate surface area is 104 Å². The lowest BCUT2D eigenvalue weighted by Gasteiger charge is -2.14. The van der Waals surface area contributed by atoms with Gasteiger partial charge in [0.1, 0.15) is 11.3 Å². The smallest absolute Gasteiger partial charge is 0.145 e. The molecule has 1 aromatic carbocycles. The summed E-state index contributed by atoms with van der Waals surface area (Å²) < 4.78 is 6.90. The highest BCUT2D eigenvalue weighted by Gasteiger charge is 2.08. The summed E-state index contributed by atoms with van der Waals surface area (Å²) in [7, 11) is 0. The van der Waals surface area contributed by atoms with Gasteiger partial charge in [-0.2, -0.15) is 0 Å². The van der Waals surface area contributed by atoms with Crippen molar-refractivity contribution in [1.82, 2.24) is 4.98 Å². The first-order chi connectivity index (χ1) is 7.72. The Hall–Kier alpha value is -1.09. The van der Waals surface area contributed by atoms with Crippen molar-refractivity contribution in [1.29, 1.82) is 0 Å². The number of pyridine rings is 1. The van der Waals surface area contributed by atoms with Crippen LogP contribution >= 0.6 is 15.9 Å². The number of hydrogen-bond acceptors (Lipinski definition) is 2. The summed E-state index contributed by atoms with van der Waals surface area (Å²) in [6, 6.07) is 7.93. The van der Waals surface area contributed by atoms with Crippen LogP contribution in [0.5, 0.6) is 5.75 Å². The fraction of sp³-hybridized carbons (Fsp3) is 0.308. The Morgan fingerprint density at radius 1 is 1.38 bits per heavy atom. The molecule has 1 aromatic heterocycles. The van der Waals surface area contributed by atoms with E-state index in [9.17, 15) is 0 Å². The van der Waals surface area contributed by atoms with Crippen molar-refractivity contribution in [2.75, 3.05) is 0 Å². The van der Waals surface area contributed by atoms with Crippen LogP contribution in [0.3, 0.4) is 0 Å². The molecule has 0 saturated carbocycles. The molecule has 0 radical (unpaired) electrons. The Morgan fingerprint density at radius 2 is 2.19 bits per heavy atom. The zero-order chi connectivity index (χ0) is 11.5. The maximum Gasteiger partial charge on any atom is 0.145 e. The number of rotatable bonds is 3. The van der Waals surface area contributed by atoms with Crippen LogP contribution in [-0.2, 0) is 0 Å². The van der Waals surface area contributed by atoms with Crippen molar-refractivity contribution in [2.24, 2.45) is 0 Å². The van der Waals surface area contributed by atoms with Crippen molar-refractivity contribution < 1.29 is 4.74 Å². The molecular formula is C13H14BrNO. The highest BCUT2D eigenvalue weighted by Crippen LogP contribution is 2.30. The van der Waals surface area contributed by atoms with Crippen LogP contribution in [0.25, 0.3) is 10.9 Å². The van der Waals surface area contributed by atoms with Crippen molar-refractivity contribution >= 4 is 26.8 Å². The lowest BCUT2D eigenvalue weighted by atomic mass is 10.2. The van der Waals surface area contributed by atoms with Crippen LogP contribution < -0.4 is 4.74 Å². The van der Waals surface area contributed by atoms with Gasteiger partial charge in [-0.15, -0.1) is 0 Å². The molecule has 0 amide bonds. The normalized spacial score (nSPS) is 12.7. The van der Waals surface area contributed by atoms with Crippen LogP contribution in [0.2, 0.25) is 0 Å². The number of benzene rings is 1. The van der Waals surface area contributed by atoms with Crippen LogP contribution in [0.1, 0.15) is 20.3 Å². The minimum Gasteiger partial charge on any atom is -0.488 e. The van der Waals surface area contributed by atoms with Gasteiger partial charge in [0.05, 0.1) is 6.10 Å². The second-order valence-corrected chi connectivity index (χ2v) is 4.64. The molecule has 2 aromatic rings. The van der Waals surface area contributed by atoms with Crippen molar-refractivity contribution in [3.8, 4) is 5.75 Å². The molecule has 0 aliphatic heterocycles. The molecule has 2 rings (SSSR count). The van der Waals surface area contributed by atoms with Gasteiger partial charge in [-0.25, -0.2) is 0 Å². The first-order valence-corrected chi connectivity index (χ1v) is 6.21. The van der Waals surface area contributed by atoms with E-state index in [0.29, 0.717) is 0 Å². The van der Waals surface area contributed by atoms with E-state index < -0.39 is 0 Å². The minimum atomic E-state index is 0.214. The van der Waals surface area contributed by atoms with Gasteiger partial charge in [-0.1, -0.05) is 28.9 Å². The third-order valence-electron chi connectivity index (χ3n) is 2.58. The number of hydrogen-bond donors (Lipinski definition) is 0. The zero-order valence-corrected chi connectivity index (χ0v) is 11.0. The Bertz CT molecular complexity index is 498. The van der Waals surface area contributed by atoms with Crippen molar-refractivity contribution in [2.45, 2.75) is 26.4 Å². The third kappa shape index (κ3) is 2.19. The van der Waals surface area contributed by atoms with Crippen LogP contribution in [0, 0.1) is 0 Å². The predicted octanol–water partition coefficient (Wildman–Crippen LogP) is 4.17. The number of ether oxygens (including phenoxy) is 1. The lowest BCUT2D eigenvalue weighted by molar-refractivity contribution is 0.220. The Kier molecular flexibility index (Phi) is 3.44. The third-order valence-corrected chi connectivity index (χ3v) is 3.27. The fourth-order valence-electron chi connectivity index (χ4n) is 1.51. The monoisotopic (exact) mass is 279 g/mol. The first-order valence-electron chi connectivity index (χ1n) is 5.42. The second kappa shape index (κ2) is 4.83. The highest BCUT2D eigenvalue weighted by molar-refractivity contribution is 9.10. The summed E-state index contributed by atoms with van der Waals surface area (Å²) in [6.07, 6.45) is 2.99. The first kappa shape index (κ1) is 11.4. The predicted molar refractivity (Wildman–Crippen MR) is 69.8 cm³/mol. The van der Waals surface area contributed by atoms with Gasteiger partial charge < -0.3 is 4.74 Å². The number of aromatic nitrogens is 1. The molecule has 1 heterocycles. The molecular weight excluding hydrogens is 266 g/mol. The molecule has 0 fully saturated rings. The average molecular weight is 280 g/mol. The van der Waals surface area contributed by atoms with Gasteiger partial charge in [-0.05, 0) is 31.5 Å². The molecule has 0 N–H and O–H groups in total. The molecule has 0 bridgehead atoms. The summed E-state index contributed by atoms with van der Waals surface area (Å²) in [5, 5.41) is 1.09. The van der Waals surface area contributed by atoms with Gasteiger partial charge in [-0.3, -0.25) is 4.98 Å². The molecule has 1 atom stereocenters. The average Bonchev–Trinajstić information content (AvgIpc) is 2.33. The standard InChI is InChI=1S/C13H14BrNO/c1-3-9(2)16-12-7-6-11(14)10-5-4-8-15-13(10)12/h4-9H,3H2,1-2H3/t9-/m1/s1. The molecule has 2 nitrogen and oxygen atoms in total. The molecule has 3 heteroatoms. The lowest BCUT2D eigenvalue weighted by Crippen LogP contribution is -2.10. The van der Waals surface area contributed by atoms with Crippen molar-refractivity contribution in [3.05, 3.63) is 34.9 Å². The SMILES string of the molecule is CC[C@@H](C)Oc1ccc(Br)c2cccnc12. The maximum atomic E-state index is 5.85. The van der Waals surface area contributed by atoms with Crippen LogP contribution in [0.15, 0.2) is 34.9 Å². The molecule has 0 spiro atoms. The van der Waals surface area contributed by atoms with Gasteiger partial charge in [0, 0.05) is 16.1 Å². The van der Waals surface area contributed by atoms with Crippen molar-refractivity contribution in [3.63, 3.8) is 0 Å².